The first-order chi connectivity index (χ1) is 16.3. The number of benzene rings is 2. The molecule has 2 amide bonds. The number of hydroxylamine groups is 2. The predicted octanol–water partition coefficient (Wildman–Crippen LogP) is 3.61. The van der Waals surface area contributed by atoms with Crippen LogP contribution >= 0.6 is 0 Å². The summed E-state index contributed by atoms with van der Waals surface area (Å²) in [6.07, 6.45) is -0.562. The Morgan fingerprint density at radius 3 is 2.32 bits per heavy atom. The van der Waals surface area contributed by atoms with Crippen LogP contribution < -0.4 is 9.47 Å². The van der Waals surface area contributed by atoms with E-state index in [9.17, 15) is 24.5 Å². The molecule has 0 saturated heterocycles. The first-order valence-electron chi connectivity index (χ1n) is 10.6. The third kappa shape index (κ3) is 5.15. The van der Waals surface area contributed by atoms with Gasteiger partial charge in [0.15, 0.2) is 11.5 Å². The first-order valence-corrected chi connectivity index (χ1v) is 10.6. The topological polar surface area (TPSA) is 135 Å². The van der Waals surface area contributed by atoms with Crippen LogP contribution in [0.2, 0.25) is 0 Å². The van der Waals surface area contributed by atoms with Crippen molar-refractivity contribution in [1.29, 1.82) is 0 Å². The summed E-state index contributed by atoms with van der Waals surface area (Å²) < 4.78 is 15.8. The zero-order valence-electron chi connectivity index (χ0n) is 18.9. The monoisotopic (exact) mass is 472 g/mol. The second kappa shape index (κ2) is 10.8. The van der Waals surface area contributed by atoms with Crippen LogP contribution in [0, 0.1) is 10.1 Å². The lowest BCUT2D eigenvalue weighted by Crippen LogP contribution is -2.31. The summed E-state index contributed by atoms with van der Waals surface area (Å²) >= 11 is 0. The Morgan fingerprint density at radius 2 is 1.76 bits per heavy atom. The zero-order valence-corrected chi connectivity index (χ0v) is 18.9. The van der Waals surface area contributed by atoms with Crippen molar-refractivity contribution in [1.82, 2.24) is 5.06 Å². The van der Waals surface area contributed by atoms with Gasteiger partial charge in [-0.15, -0.1) is 5.06 Å². The molecule has 2 aromatic rings. The Hall–Kier alpha value is -3.99. The van der Waals surface area contributed by atoms with Crippen molar-refractivity contribution >= 4 is 23.5 Å². The molecular formula is C23H24N2O9. The fourth-order valence-corrected chi connectivity index (χ4v) is 3.43. The molecular weight excluding hydrogens is 448 g/mol. The van der Waals surface area contributed by atoms with Crippen molar-refractivity contribution in [2.24, 2.45) is 0 Å². The van der Waals surface area contributed by atoms with Gasteiger partial charge in [0, 0.05) is 6.42 Å². The maximum atomic E-state index is 12.6. The number of methoxy groups -OCH3 is 1. The molecule has 1 atom stereocenters. The van der Waals surface area contributed by atoms with Crippen molar-refractivity contribution in [2.75, 3.05) is 20.3 Å². The summed E-state index contributed by atoms with van der Waals surface area (Å²) in [5.41, 5.74) is 0.124. The fraction of sp³-hybridized carbons (Fsp3) is 0.348. The van der Waals surface area contributed by atoms with Crippen LogP contribution in [0.5, 0.6) is 11.5 Å². The highest BCUT2D eigenvalue weighted by molar-refractivity contribution is 6.20. The number of hydrogen-bond donors (Lipinski definition) is 0. The molecule has 1 aliphatic rings. The maximum Gasteiger partial charge on any atom is 0.305 e. The van der Waals surface area contributed by atoms with E-state index in [1.807, 2.05) is 0 Å². The van der Waals surface area contributed by atoms with Crippen LogP contribution in [0.1, 0.15) is 59.1 Å². The number of esters is 1. The summed E-state index contributed by atoms with van der Waals surface area (Å²) in [7, 11) is 1.37. The van der Waals surface area contributed by atoms with Crippen LogP contribution in [-0.2, 0) is 14.4 Å². The van der Waals surface area contributed by atoms with Gasteiger partial charge in [-0.3, -0.25) is 29.3 Å². The zero-order chi connectivity index (χ0) is 24.8. The first kappa shape index (κ1) is 24.6. The van der Waals surface area contributed by atoms with Crippen LogP contribution in [0.25, 0.3) is 0 Å². The van der Waals surface area contributed by atoms with Gasteiger partial charge in [-0.05, 0) is 38.5 Å². The number of amides is 2. The van der Waals surface area contributed by atoms with E-state index in [-0.39, 0.29) is 59.5 Å². The van der Waals surface area contributed by atoms with Gasteiger partial charge in [-0.25, -0.2) is 0 Å². The van der Waals surface area contributed by atoms with Gasteiger partial charge in [0.2, 0.25) is 0 Å². The molecule has 1 aliphatic heterocycles. The SMILES string of the molecule is CCOC(=O)CCCOc1cc([N+](=O)[O-])c(C(C)ON2C(=O)c3ccccc3C2=O)cc1OC. The summed E-state index contributed by atoms with van der Waals surface area (Å²) in [5.74, 6) is -1.37. The number of rotatable bonds is 11. The average Bonchev–Trinajstić information content (AvgIpc) is 3.06. The molecule has 0 spiro atoms. The maximum absolute atomic E-state index is 12.6. The lowest BCUT2D eigenvalue weighted by molar-refractivity contribution is -0.386. The van der Waals surface area contributed by atoms with E-state index in [1.54, 1.807) is 19.1 Å². The van der Waals surface area contributed by atoms with Crippen LogP contribution in [0.3, 0.4) is 0 Å². The molecule has 34 heavy (non-hydrogen) atoms. The van der Waals surface area contributed by atoms with Crippen LogP contribution in [-0.4, -0.2) is 48.1 Å². The quantitative estimate of drug-likeness (QED) is 0.158. The van der Waals surface area contributed by atoms with E-state index < -0.39 is 22.8 Å². The predicted molar refractivity (Wildman–Crippen MR) is 117 cm³/mol. The molecule has 0 radical (unpaired) electrons. The van der Waals surface area contributed by atoms with E-state index in [4.69, 9.17) is 19.0 Å². The van der Waals surface area contributed by atoms with Crippen molar-refractivity contribution < 1.29 is 38.4 Å². The largest absolute Gasteiger partial charge is 0.493 e. The number of carbonyl (C=O) groups excluding carboxylic acids is 3. The highest BCUT2D eigenvalue weighted by atomic mass is 16.7. The van der Waals surface area contributed by atoms with Gasteiger partial charge in [0.05, 0.1) is 48.0 Å². The third-order valence-corrected chi connectivity index (χ3v) is 5.06. The number of nitrogens with zero attached hydrogens (tertiary/aromatic N) is 2. The lowest BCUT2D eigenvalue weighted by Gasteiger charge is -2.20. The van der Waals surface area contributed by atoms with E-state index in [2.05, 4.69) is 0 Å². The normalized spacial score (nSPS) is 13.4. The Bertz CT molecular complexity index is 1080. The molecule has 11 heteroatoms. The molecule has 0 N–H and O–H groups in total. The van der Waals surface area contributed by atoms with Crippen molar-refractivity contribution in [2.45, 2.75) is 32.8 Å². The molecule has 0 saturated carbocycles. The summed E-state index contributed by atoms with van der Waals surface area (Å²) in [5, 5.41) is 12.4. The molecule has 1 heterocycles. The number of nitro groups is 1. The molecule has 2 aromatic carbocycles. The Balaban J connectivity index is 1.78. The van der Waals surface area contributed by atoms with Crippen LogP contribution in [0.4, 0.5) is 5.69 Å². The third-order valence-electron chi connectivity index (χ3n) is 5.06. The Kier molecular flexibility index (Phi) is 7.79. The van der Waals surface area contributed by atoms with Crippen molar-refractivity contribution in [3.8, 4) is 11.5 Å². The molecule has 0 bridgehead atoms. The van der Waals surface area contributed by atoms with Gasteiger partial charge in [0.1, 0.15) is 6.10 Å². The minimum atomic E-state index is -1.05. The smallest absolute Gasteiger partial charge is 0.305 e. The summed E-state index contributed by atoms with van der Waals surface area (Å²) in [6.45, 7) is 3.57. The van der Waals surface area contributed by atoms with Crippen molar-refractivity contribution in [3.63, 3.8) is 0 Å². The fourth-order valence-electron chi connectivity index (χ4n) is 3.43. The molecule has 0 fully saturated rings. The van der Waals surface area contributed by atoms with Gasteiger partial charge in [0.25, 0.3) is 17.5 Å². The molecule has 180 valence electrons. The molecule has 0 aromatic heterocycles. The van der Waals surface area contributed by atoms with Gasteiger partial charge in [-0.1, -0.05) is 12.1 Å². The van der Waals surface area contributed by atoms with Crippen molar-refractivity contribution in [3.05, 3.63) is 63.2 Å². The summed E-state index contributed by atoms with van der Waals surface area (Å²) in [6, 6.07) is 8.80. The van der Waals surface area contributed by atoms with Gasteiger partial charge < -0.3 is 14.2 Å². The standard InChI is InChI=1S/C23H24N2O9/c1-4-32-21(26)10-7-11-33-20-13-18(25(29)30)17(12-19(20)31-3)14(2)34-24-22(27)15-8-5-6-9-16(15)23(24)28/h5-6,8-9,12-14H,4,7,10-11H2,1-3H3. The summed E-state index contributed by atoms with van der Waals surface area (Å²) in [4.78, 5) is 53.3. The van der Waals surface area contributed by atoms with Crippen LogP contribution in [0.15, 0.2) is 36.4 Å². The van der Waals surface area contributed by atoms with E-state index >= 15 is 0 Å². The number of nitro benzene ring substituents is 1. The van der Waals surface area contributed by atoms with Gasteiger partial charge >= 0.3 is 5.97 Å². The molecule has 3 rings (SSSR count). The van der Waals surface area contributed by atoms with Gasteiger partial charge in [-0.2, -0.15) is 0 Å². The lowest BCUT2D eigenvalue weighted by atomic mass is 10.1. The Labute approximate surface area is 195 Å². The average molecular weight is 472 g/mol. The van der Waals surface area contributed by atoms with E-state index in [1.165, 1.54) is 38.3 Å². The second-order valence-corrected chi connectivity index (χ2v) is 7.27. The minimum absolute atomic E-state index is 0.0808. The minimum Gasteiger partial charge on any atom is -0.493 e. The molecule has 0 aliphatic carbocycles. The van der Waals surface area contributed by atoms with E-state index in [0.717, 1.165) is 0 Å². The number of ether oxygens (including phenoxy) is 3. The number of imide groups is 1. The second-order valence-electron chi connectivity index (χ2n) is 7.27. The number of fused-ring (bicyclic) bond motifs is 1. The Morgan fingerprint density at radius 1 is 1.12 bits per heavy atom. The number of hydrogen-bond acceptors (Lipinski definition) is 9. The highest BCUT2D eigenvalue weighted by Crippen LogP contribution is 2.39. The molecule has 1 unspecified atom stereocenters. The molecule has 11 nitrogen and oxygen atoms in total. The highest BCUT2D eigenvalue weighted by Gasteiger charge is 2.38. The van der Waals surface area contributed by atoms with E-state index in [0.29, 0.717) is 11.5 Å². The number of carbonyl (C=O) groups is 3.